The molecule has 0 unspecified atom stereocenters. The van der Waals surface area contributed by atoms with Crippen molar-refractivity contribution in [2.24, 2.45) is 22.7 Å². The van der Waals surface area contributed by atoms with Crippen molar-refractivity contribution in [3.8, 4) is 0 Å². The van der Waals surface area contributed by atoms with Crippen molar-refractivity contribution in [3.63, 3.8) is 0 Å². The SMILES string of the molecule is CC1(C)C[C@H]2C=C(C(=O)[O-])[C@@H]3COC(=O)[C@]4(CO4)[C@]23C1. The average Bonchev–Trinajstić information content (AvgIpc) is 3.01. The molecule has 4 aliphatic rings. The number of carboxylic acids is 1. The van der Waals surface area contributed by atoms with Crippen LogP contribution in [0.3, 0.4) is 0 Å². The Bertz CT molecular complexity index is 557. The molecule has 2 saturated heterocycles. The molecule has 2 spiro atoms. The molecule has 3 fully saturated rings. The van der Waals surface area contributed by atoms with Gasteiger partial charge in [-0.2, -0.15) is 0 Å². The molecular weight excluding hydrogens is 260 g/mol. The molecule has 1 saturated carbocycles. The lowest BCUT2D eigenvalue weighted by Crippen LogP contribution is -2.56. The maximum Gasteiger partial charge on any atom is 0.341 e. The maximum atomic E-state index is 12.2. The molecule has 108 valence electrons. The van der Waals surface area contributed by atoms with Crippen molar-refractivity contribution in [1.29, 1.82) is 0 Å². The first-order chi connectivity index (χ1) is 9.32. The quantitative estimate of drug-likeness (QED) is 0.499. The van der Waals surface area contributed by atoms with E-state index in [-0.39, 0.29) is 29.8 Å². The lowest BCUT2D eigenvalue weighted by molar-refractivity contribution is -0.300. The minimum Gasteiger partial charge on any atom is -0.545 e. The number of esters is 1. The van der Waals surface area contributed by atoms with E-state index in [1.165, 1.54) is 0 Å². The topological polar surface area (TPSA) is 79.0 Å². The Hall–Kier alpha value is -1.36. The van der Waals surface area contributed by atoms with E-state index in [0.717, 1.165) is 12.8 Å². The van der Waals surface area contributed by atoms with Crippen LogP contribution in [0.25, 0.3) is 0 Å². The molecule has 0 aromatic rings. The van der Waals surface area contributed by atoms with E-state index >= 15 is 0 Å². The summed E-state index contributed by atoms with van der Waals surface area (Å²) in [6.07, 6.45) is 3.47. The van der Waals surface area contributed by atoms with E-state index in [1.54, 1.807) is 6.08 Å². The van der Waals surface area contributed by atoms with Crippen LogP contribution in [0.1, 0.15) is 26.7 Å². The third kappa shape index (κ3) is 1.18. The molecule has 0 aromatic carbocycles. The van der Waals surface area contributed by atoms with Gasteiger partial charge in [-0.1, -0.05) is 19.9 Å². The largest absolute Gasteiger partial charge is 0.545 e. The van der Waals surface area contributed by atoms with Crippen LogP contribution in [0.5, 0.6) is 0 Å². The first kappa shape index (κ1) is 12.4. The predicted molar refractivity (Wildman–Crippen MR) is 65.2 cm³/mol. The van der Waals surface area contributed by atoms with Gasteiger partial charge >= 0.3 is 5.97 Å². The molecule has 20 heavy (non-hydrogen) atoms. The van der Waals surface area contributed by atoms with E-state index in [4.69, 9.17) is 9.47 Å². The van der Waals surface area contributed by atoms with E-state index in [2.05, 4.69) is 13.8 Å². The Morgan fingerprint density at radius 2 is 2.15 bits per heavy atom. The van der Waals surface area contributed by atoms with Gasteiger partial charge in [-0.3, -0.25) is 0 Å². The predicted octanol–water partition coefficient (Wildman–Crippen LogP) is 0.0409. The lowest BCUT2D eigenvalue weighted by Gasteiger charge is -2.45. The highest BCUT2D eigenvalue weighted by atomic mass is 16.6. The number of carbonyl (C=O) groups excluding carboxylic acids is 2. The molecule has 2 aliphatic carbocycles. The summed E-state index contributed by atoms with van der Waals surface area (Å²) in [6.45, 7) is 4.82. The summed E-state index contributed by atoms with van der Waals surface area (Å²) < 4.78 is 10.8. The van der Waals surface area contributed by atoms with Gasteiger partial charge in [-0.05, 0) is 29.7 Å². The molecular formula is C15H17O5-. The lowest BCUT2D eigenvalue weighted by atomic mass is 9.61. The van der Waals surface area contributed by atoms with E-state index in [1.807, 2.05) is 0 Å². The zero-order chi connectivity index (χ0) is 14.3. The van der Waals surface area contributed by atoms with E-state index in [9.17, 15) is 14.7 Å². The summed E-state index contributed by atoms with van der Waals surface area (Å²) in [5.41, 5.74) is -0.982. The van der Waals surface area contributed by atoms with Crippen LogP contribution in [0.2, 0.25) is 0 Å². The zero-order valence-corrected chi connectivity index (χ0v) is 11.6. The summed E-state index contributed by atoms with van der Waals surface area (Å²) in [4.78, 5) is 23.6. The third-order valence-corrected chi connectivity index (χ3v) is 5.71. The third-order valence-electron chi connectivity index (χ3n) is 5.71. The van der Waals surface area contributed by atoms with Gasteiger partial charge in [-0.15, -0.1) is 0 Å². The normalized spacial score (nSPS) is 47.5. The van der Waals surface area contributed by atoms with Crippen molar-refractivity contribution in [2.45, 2.75) is 32.3 Å². The Kier molecular flexibility index (Phi) is 2.03. The molecule has 0 bridgehead atoms. The first-order valence-electron chi connectivity index (χ1n) is 7.07. The fourth-order valence-electron chi connectivity index (χ4n) is 5.07. The Morgan fingerprint density at radius 3 is 2.75 bits per heavy atom. The standard InChI is InChI=1S/C15H18O5/c1-13(2)4-8-3-9(11(16)17)10-5-19-12(18)15(7-20-15)14(8,10)6-13/h3,8,10H,4-7H2,1-2H3,(H,16,17)/p-1/t8-,10+,14-,15-/m1/s1. The van der Waals surface area contributed by atoms with Crippen LogP contribution in [0.15, 0.2) is 11.6 Å². The van der Waals surface area contributed by atoms with Gasteiger partial charge in [0, 0.05) is 11.3 Å². The highest BCUT2D eigenvalue weighted by Crippen LogP contribution is 2.71. The van der Waals surface area contributed by atoms with Gasteiger partial charge in [-0.25, -0.2) is 4.79 Å². The van der Waals surface area contributed by atoms with Gasteiger partial charge < -0.3 is 19.4 Å². The average molecular weight is 277 g/mol. The molecule has 2 heterocycles. The first-order valence-corrected chi connectivity index (χ1v) is 7.07. The summed E-state index contributed by atoms with van der Waals surface area (Å²) in [5, 5.41) is 11.4. The second kappa shape index (κ2) is 3.27. The molecule has 0 N–H and O–H groups in total. The van der Waals surface area contributed by atoms with Crippen LogP contribution in [0, 0.1) is 22.7 Å². The van der Waals surface area contributed by atoms with Gasteiger partial charge in [0.1, 0.15) is 0 Å². The summed E-state index contributed by atoms with van der Waals surface area (Å²) in [5.74, 6) is -1.69. The smallest absolute Gasteiger partial charge is 0.341 e. The second-order valence-corrected chi connectivity index (χ2v) is 7.37. The maximum absolute atomic E-state index is 12.2. The van der Waals surface area contributed by atoms with Crippen molar-refractivity contribution >= 4 is 11.9 Å². The highest BCUT2D eigenvalue weighted by molar-refractivity contribution is 5.91. The summed E-state index contributed by atoms with van der Waals surface area (Å²) >= 11 is 0. The Morgan fingerprint density at radius 1 is 1.45 bits per heavy atom. The van der Waals surface area contributed by atoms with E-state index in [0.29, 0.717) is 12.2 Å². The fraction of sp³-hybridized carbons (Fsp3) is 0.733. The number of ether oxygens (including phenoxy) is 2. The molecule has 5 heteroatoms. The summed E-state index contributed by atoms with van der Waals surface area (Å²) in [7, 11) is 0. The van der Waals surface area contributed by atoms with Crippen LogP contribution < -0.4 is 5.11 Å². The Labute approximate surface area is 116 Å². The summed E-state index contributed by atoms with van der Waals surface area (Å²) in [6, 6.07) is 0. The number of rotatable bonds is 1. The molecule has 5 nitrogen and oxygen atoms in total. The minimum absolute atomic E-state index is 0.0609. The van der Waals surface area contributed by atoms with Gasteiger partial charge in [0.05, 0.1) is 19.2 Å². The fourth-order valence-corrected chi connectivity index (χ4v) is 5.07. The Balaban J connectivity index is 1.88. The molecule has 0 aromatic heterocycles. The highest BCUT2D eigenvalue weighted by Gasteiger charge is 2.78. The molecule has 2 aliphatic heterocycles. The van der Waals surface area contributed by atoms with E-state index < -0.39 is 17.0 Å². The van der Waals surface area contributed by atoms with Crippen LogP contribution >= 0.6 is 0 Å². The van der Waals surface area contributed by atoms with Crippen molar-refractivity contribution < 1.29 is 24.2 Å². The zero-order valence-electron chi connectivity index (χ0n) is 11.6. The molecule has 4 rings (SSSR count). The molecule has 4 atom stereocenters. The van der Waals surface area contributed by atoms with Crippen molar-refractivity contribution in [1.82, 2.24) is 0 Å². The van der Waals surface area contributed by atoms with Crippen LogP contribution in [-0.4, -0.2) is 30.8 Å². The number of aliphatic carboxylic acids is 1. The van der Waals surface area contributed by atoms with Crippen LogP contribution in [0.4, 0.5) is 0 Å². The van der Waals surface area contributed by atoms with Crippen molar-refractivity contribution in [3.05, 3.63) is 11.6 Å². The van der Waals surface area contributed by atoms with Gasteiger partial charge in [0.15, 0.2) is 5.60 Å². The number of carbonyl (C=O) groups is 2. The molecule has 0 amide bonds. The van der Waals surface area contributed by atoms with Crippen molar-refractivity contribution in [2.75, 3.05) is 13.2 Å². The number of epoxide rings is 1. The minimum atomic E-state index is -1.14. The monoisotopic (exact) mass is 277 g/mol. The van der Waals surface area contributed by atoms with Gasteiger partial charge in [0.25, 0.3) is 0 Å². The van der Waals surface area contributed by atoms with Gasteiger partial charge in [0.2, 0.25) is 0 Å². The molecule has 0 radical (unpaired) electrons. The number of hydrogen-bond donors (Lipinski definition) is 0. The number of cyclic esters (lactones) is 1. The number of carboxylic acid groups (broad SMARTS) is 1. The second-order valence-electron chi connectivity index (χ2n) is 7.37. The number of allylic oxidation sites excluding steroid dienone is 1. The number of hydrogen-bond acceptors (Lipinski definition) is 5. The van der Waals surface area contributed by atoms with Crippen LogP contribution in [-0.2, 0) is 19.1 Å².